The molecule has 0 amide bonds. The van der Waals surface area contributed by atoms with E-state index in [1.54, 1.807) is 5.57 Å². The zero-order valence-corrected chi connectivity index (χ0v) is 12.0. The van der Waals surface area contributed by atoms with Gasteiger partial charge in [0.1, 0.15) is 0 Å². The van der Waals surface area contributed by atoms with Gasteiger partial charge in [-0.05, 0) is 74.9 Å². The highest BCUT2D eigenvalue weighted by Gasteiger charge is 2.55. The minimum Gasteiger partial charge on any atom is -0.478 e. The van der Waals surface area contributed by atoms with Gasteiger partial charge in [0.05, 0.1) is 0 Å². The number of carboxylic acid groups (broad SMARTS) is 1. The van der Waals surface area contributed by atoms with Gasteiger partial charge in [-0.15, -0.1) is 0 Å². The van der Waals surface area contributed by atoms with Crippen molar-refractivity contribution in [1.82, 2.24) is 0 Å². The smallest absolute Gasteiger partial charge is 0.332 e. The zero-order chi connectivity index (χ0) is 13.7. The van der Waals surface area contributed by atoms with E-state index in [0.717, 1.165) is 31.3 Å². The average molecular weight is 270 g/mol. The maximum atomic E-state index is 11.8. The molecule has 0 aliphatic heterocycles. The van der Waals surface area contributed by atoms with Crippen molar-refractivity contribution in [2.45, 2.75) is 57.8 Å². The highest BCUT2D eigenvalue weighted by molar-refractivity contribution is 5.91. The summed E-state index contributed by atoms with van der Waals surface area (Å²) in [5.41, 5.74) is 5.09. The SMILES string of the molecule is O=C(O)C1=C(C2=CCCC2)C2(C3=CCCC3)CCC1C2. The second-order valence-corrected chi connectivity index (χ2v) is 6.86. The van der Waals surface area contributed by atoms with Crippen molar-refractivity contribution in [2.24, 2.45) is 11.3 Å². The lowest BCUT2D eigenvalue weighted by Crippen LogP contribution is -2.23. The van der Waals surface area contributed by atoms with E-state index in [1.807, 2.05) is 0 Å². The van der Waals surface area contributed by atoms with E-state index < -0.39 is 5.97 Å². The fraction of sp³-hybridized carbons (Fsp3) is 0.611. The van der Waals surface area contributed by atoms with Crippen LogP contribution in [-0.2, 0) is 4.79 Å². The lowest BCUT2D eigenvalue weighted by molar-refractivity contribution is -0.133. The number of allylic oxidation sites excluding steroid dienone is 5. The van der Waals surface area contributed by atoms with Gasteiger partial charge in [0.15, 0.2) is 0 Å². The summed E-state index contributed by atoms with van der Waals surface area (Å²) in [7, 11) is 0. The number of carboxylic acids is 1. The fourth-order valence-corrected chi connectivity index (χ4v) is 5.20. The molecule has 4 aliphatic rings. The summed E-state index contributed by atoms with van der Waals surface area (Å²) < 4.78 is 0. The summed E-state index contributed by atoms with van der Waals surface area (Å²) in [5.74, 6) is -0.344. The van der Waals surface area contributed by atoms with Crippen LogP contribution in [0, 0.1) is 11.3 Å². The molecule has 2 unspecified atom stereocenters. The van der Waals surface area contributed by atoms with E-state index in [4.69, 9.17) is 0 Å². The number of rotatable bonds is 3. The second kappa shape index (κ2) is 4.34. The predicted octanol–water partition coefficient (Wildman–Crippen LogP) is 4.39. The van der Waals surface area contributed by atoms with Gasteiger partial charge in [-0.1, -0.05) is 17.7 Å². The molecule has 2 heteroatoms. The molecule has 0 spiro atoms. The molecule has 2 atom stereocenters. The van der Waals surface area contributed by atoms with Crippen LogP contribution in [-0.4, -0.2) is 11.1 Å². The Balaban J connectivity index is 1.88. The van der Waals surface area contributed by atoms with Gasteiger partial charge in [-0.3, -0.25) is 0 Å². The highest BCUT2D eigenvalue weighted by Crippen LogP contribution is 2.65. The molecule has 0 aromatic heterocycles. The minimum atomic E-state index is -0.655. The van der Waals surface area contributed by atoms with Gasteiger partial charge in [-0.2, -0.15) is 0 Å². The summed E-state index contributed by atoms with van der Waals surface area (Å²) in [5, 5.41) is 9.72. The number of hydrogen-bond acceptors (Lipinski definition) is 1. The van der Waals surface area contributed by atoms with Gasteiger partial charge in [0.25, 0.3) is 0 Å². The molecule has 2 nitrogen and oxygen atoms in total. The standard InChI is InChI=1S/C18H22O2/c19-17(20)15-13-9-10-18(11-13,14-7-3-4-8-14)16(15)12-5-1-2-6-12/h5,7,13H,1-4,6,8-11H2,(H,19,20). The molecule has 20 heavy (non-hydrogen) atoms. The summed E-state index contributed by atoms with van der Waals surface area (Å²) in [4.78, 5) is 11.8. The van der Waals surface area contributed by atoms with E-state index in [2.05, 4.69) is 12.2 Å². The molecule has 0 aromatic carbocycles. The lowest BCUT2D eigenvalue weighted by Gasteiger charge is -2.34. The number of carbonyl (C=O) groups is 1. The third-order valence-corrected chi connectivity index (χ3v) is 5.92. The maximum absolute atomic E-state index is 11.8. The van der Waals surface area contributed by atoms with Gasteiger partial charge < -0.3 is 5.11 Å². The van der Waals surface area contributed by atoms with Crippen molar-refractivity contribution in [3.05, 3.63) is 34.4 Å². The van der Waals surface area contributed by atoms with Crippen molar-refractivity contribution in [2.75, 3.05) is 0 Å². The molecule has 0 radical (unpaired) electrons. The van der Waals surface area contributed by atoms with Crippen molar-refractivity contribution in [3.63, 3.8) is 0 Å². The summed E-state index contributed by atoms with van der Waals surface area (Å²) in [6.45, 7) is 0. The van der Waals surface area contributed by atoms with E-state index in [1.165, 1.54) is 43.3 Å². The Bertz CT molecular complexity index is 564. The predicted molar refractivity (Wildman–Crippen MR) is 78.3 cm³/mol. The van der Waals surface area contributed by atoms with Crippen LogP contribution in [0.5, 0.6) is 0 Å². The second-order valence-electron chi connectivity index (χ2n) is 6.86. The largest absolute Gasteiger partial charge is 0.478 e. The number of hydrogen-bond donors (Lipinski definition) is 1. The van der Waals surface area contributed by atoms with E-state index in [0.29, 0.717) is 5.92 Å². The summed E-state index contributed by atoms with van der Waals surface area (Å²) in [6.07, 6.45) is 15.1. The quantitative estimate of drug-likeness (QED) is 0.772. The first-order valence-electron chi connectivity index (χ1n) is 8.09. The Morgan fingerprint density at radius 1 is 1.20 bits per heavy atom. The molecule has 1 saturated carbocycles. The lowest BCUT2D eigenvalue weighted by atomic mass is 9.69. The first kappa shape index (κ1) is 12.4. The normalized spacial score (nSPS) is 35.7. The molecule has 0 saturated heterocycles. The molecule has 0 heterocycles. The van der Waals surface area contributed by atoms with Gasteiger partial charge in [-0.25, -0.2) is 4.79 Å². The molecule has 4 aliphatic carbocycles. The third-order valence-electron chi connectivity index (χ3n) is 5.92. The van der Waals surface area contributed by atoms with Gasteiger partial charge in [0, 0.05) is 11.0 Å². The molecular formula is C18H22O2. The van der Waals surface area contributed by atoms with Crippen molar-refractivity contribution >= 4 is 5.97 Å². The number of fused-ring (bicyclic) bond motifs is 2. The highest BCUT2D eigenvalue weighted by atomic mass is 16.4. The Hall–Kier alpha value is -1.31. The van der Waals surface area contributed by atoms with E-state index in [-0.39, 0.29) is 5.41 Å². The van der Waals surface area contributed by atoms with Crippen LogP contribution in [0.3, 0.4) is 0 Å². The van der Waals surface area contributed by atoms with Gasteiger partial charge in [0.2, 0.25) is 0 Å². The molecule has 2 bridgehead atoms. The third kappa shape index (κ3) is 1.54. The Morgan fingerprint density at radius 2 is 2.00 bits per heavy atom. The first-order chi connectivity index (χ1) is 9.72. The van der Waals surface area contributed by atoms with Crippen LogP contribution in [0.25, 0.3) is 0 Å². The molecular weight excluding hydrogens is 248 g/mol. The van der Waals surface area contributed by atoms with Crippen LogP contribution < -0.4 is 0 Å². The van der Waals surface area contributed by atoms with Gasteiger partial charge >= 0.3 is 5.97 Å². The Morgan fingerprint density at radius 3 is 2.65 bits per heavy atom. The first-order valence-corrected chi connectivity index (χ1v) is 8.09. The molecule has 106 valence electrons. The topological polar surface area (TPSA) is 37.3 Å². The van der Waals surface area contributed by atoms with Crippen molar-refractivity contribution in [1.29, 1.82) is 0 Å². The van der Waals surface area contributed by atoms with Crippen LogP contribution in [0.15, 0.2) is 34.4 Å². The Kier molecular flexibility index (Phi) is 2.70. The molecule has 4 rings (SSSR count). The molecule has 0 aromatic rings. The van der Waals surface area contributed by atoms with Crippen LogP contribution in [0.2, 0.25) is 0 Å². The number of aliphatic carboxylic acids is 1. The fourth-order valence-electron chi connectivity index (χ4n) is 5.20. The summed E-state index contributed by atoms with van der Waals surface area (Å²) >= 11 is 0. The van der Waals surface area contributed by atoms with Crippen LogP contribution in [0.4, 0.5) is 0 Å². The van der Waals surface area contributed by atoms with Crippen molar-refractivity contribution in [3.8, 4) is 0 Å². The van der Waals surface area contributed by atoms with Crippen LogP contribution >= 0.6 is 0 Å². The monoisotopic (exact) mass is 270 g/mol. The van der Waals surface area contributed by atoms with E-state index >= 15 is 0 Å². The van der Waals surface area contributed by atoms with Crippen LogP contribution in [0.1, 0.15) is 57.8 Å². The summed E-state index contributed by atoms with van der Waals surface area (Å²) in [6, 6.07) is 0. The zero-order valence-electron chi connectivity index (χ0n) is 12.0. The molecule has 1 N–H and O–H groups in total. The Labute approximate surface area is 120 Å². The average Bonchev–Trinajstić information content (AvgIpc) is 3.19. The van der Waals surface area contributed by atoms with E-state index in [9.17, 15) is 9.90 Å². The minimum absolute atomic E-state index is 0.116. The maximum Gasteiger partial charge on any atom is 0.332 e. The molecule has 1 fully saturated rings. The van der Waals surface area contributed by atoms with Crippen molar-refractivity contribution < 1.29 is 9.90 Å².